The summed E-state index contributed by atoms with van der Waals surface area (Å²) in [5, 5.41) is 0. The van der Waals surface area contributed by atoms with Crippen LogP contribution in [0.1, 0.15) is 11.3 Å². The normalized spacial score (nSPS) is 11.1. The van der Waals surface area contributed by atoms with Crippen molar-refractivity contribution in [2.45, 2.75) is 13.3 Å². The van der Waals surface area contributed by atoms with Crippen molar-refractivity contribution in [3.63, 3.8) is 0 Å². The SMILES string of the molecule is Cc1cc(Br)c2ncc(CCN)n2c1. The van der Waals surface area contributed by atoms with Gasteiger partial charge >= 0.3 is 0 Å². The molecular formula is C10H12BrN3. The summed E-state index contributed by atoms with van der Waals surface area (Å²) in [5.74, 6) is 0. The fraction of sp³-hybridized carbons (Fsp3) is 0.300. The highest BCUT2D eigenvalue weighted by Crippen LogP contribution is 2.19. The van der Waals surface area contributed by atoms with E-state index in [2.05, 4.69) is 44.5 Å². The molecule has 0 bridgehead atoms. The number of imidazole rings is 1. The second kappa shape index (κ2) is 3.71. The zero-order valence-corrected chi connectivity index (χ0v) is 9.58. The first-order valence-electron chi connectivity index (χ1n) is 4.54. The van der Waals surface area contributed by atoms with Crippen LogP contribution in [0.2, 0.25) is 0 Å². The summed E-state index contributed by atoms with van der Waals surface area (Å²) in [4.78, 5) is 4.34. The number of hydrogen-bond donors (Lipinski definition) is 1. The van der Waals surface area contributed by atoms with Gasteiger partial charge in [0, 0.05) is 24.5 Å². The van der Waals surface area contributed by atoms with Crippen LogP contribution < -0.4 is 5.73 Å². The third-order valence-corrected chi connectivity index (χ3v) is 2.76. The highest BCUT2D eigenvalue weighted by Gasteiger charge is 2.05. The molecule has 0 aliphatic rings. The molecule has 0 aliphatic heterocycles. The van der Waals surface area contributed by atoms with Crippen LogP contribution >= 0.6 is 15.9 Å². The lowest BCUT2D eigenvalue weighted by Gasteiger charge is -2.02. The largest absolute Gasteiger partial charge is 0.330 e. The van der Waals surface area contributed by atoms with Gasteiger partial charge in [-0.3, -0.25) is 0 Å². The predicted octanol–water partition coefficient (Wildman–Crippen LogP) is 1.91. The zero-order chi connectivity index (χ0) is 10.1. The number of aryl methyl sites for hydroxylation is 1. The van der Waals surface area contributed by atoms with Crippen LogP contribution in [0.15, 0.2) is 22.9 Å². The summed E-state index contributed by atoms with van der Waals surface area (Å²) < 4.78 is 3.12. The molecule has 0 saturated heterocycles. The number of hydrogen-bond acceptors (Lipinski definition) is 2. The fourth-order valence-corrected chi connectivity index (χ4v) is 2.21. The van der Waals surface area contributed by atoms with Crippen molar-refractivity contribution >= 4 is 21.6 Å². The van der Waals surface area contributed by atoms with Gasteiger partial charge in [-0.05, 0) is 41.0 Å². The first-order valence-corrected chi connectivity index (χ1v) is 5.34. The molecule has 14 heavy (non-hydrogen) atoms. The monoisotopic (exact) mass is 253 g/mol. The Balaban J connectivity index is 2.66. The molecule has 2 rings (SSSR count). The smallest absolute Gasteiger partial charge is 0.151 e. The molecule has 3 nitrogen and oxygen atoms in total. The number of rotatable bonds is 2. The maximum absolute atomic E-state index is 5.53. The predicted molar refractivity (Wildman–Crippen MR) is 60.4 cm³/mol. The molecule has 0 radical (unpaired) electrons. The van der Waals surface area contributed by atoms with E-state index in [9.17, 15) is 0 Å². The first kappa shape index (κ1) is 9.68. The maximum atomic E-state index is 5.53. The van der Waals surface area contributed by atoms with Gasteiger partial charge in [0.15, 0.2) is 5.65 Å². The molecule has 2 aromatic heterocycles. The van der Waals surface area contributed by atoms with Crippen LogP contribution in [0.3, 0.4) is 0 Å². The molecular weight excluding hydrogens is 242 g/mol. The number of nitrogens with two attached hydrogens (primary N) is 1. The molecule has 0 amide bonds. The van der Waals surface area contributed by atoms with Crippen LogP contribution in [0, 0.1) is 6.92 Å². The van der Waals surface area contributed by atoms with Gasteiger partial charge in [-0.1, -0.05) is 0 Å². The third kappa shape index (κ3) is 1.55. The second-order valence-electron chi connectivity index (χ2n) is 3.35. The quantitative estimate of drug-likeness (QED) is 0.889. The average molecular weight is 254 g/mol. The minimum absolute atomic E-state index is 0.652. The highest BCUT2D eigenvalue weighted by atomic mass is 79.9. The van der Waals surface area contributed by atoms with Gasteiger partial charge in [0.25, 0.3) is 0 Å². The van der Waals surface area contributed by atoms with Crippen LogP contribution in [0.4, 0.5) is 0 Å². The Morgan fingerprint density at radius 2 is 2.36 bits per heavy atom. The first-order chi connectivity index (χ1) is 6.72. The van der Waals surface area contributed by atoms with E-state index < -0.39 is 0 Å². The van der Waals surface area contributed by atoms with E-state index in [-0.39, 0.29) is 0 Å². The second-order valence-corrected chi connectivity index (χ2v) is 4.20. The van der Waals surface area contributed by atoms with E-state index in [1.54, 1.807) is 0 Å². The average Bonchev–Trinajstić information content (AvgIpc) is 2.49. The Morgan fingerprint density at radius 1 is 1.57 bits per heavy atom. The zero-order valence-electron chi connectivity index (χ0n) is 8.00. The fourth-order valence-electron chi connectivity index (χ4n) is 1.56. The molecule has 2 aromatic rings. The Bertz CT molecular complexity index is 462. The van der Waals surface area contributed by atoms with Gasteiger partial charge in [0.1, 0.15) is 0 Å². The molecule has 0 fully saturated rings. The Labute approximate surface area is 91.1 Å². The summed E-state index contributed by atoms with van der Waals surface area (Å²) in [6.07, 6.45) is 4.82. The Hall–Kier alpha value is -0.870. The van der Waals surface area contributed by atoms with E-state index in [1.807, 2.05) is 6.20 Å². The van der Waals surface area contributed by atoms with E-state index in [1.165, 1.54) is 5.56 Å². The molecule has 0 saturated carbocycles. The number of pyridine rings is 1. The minimum atomic E-state index is 0.652. The molecule has 0 atom stereocenters. The lowest BCUT2D eigenvalue weighted by Crippen LogP contribution is -2.05. The van der Waals surface area contributed by atoms with E-state index in [4.69, 9.17) is 5.73 Å². The van der Waals surface area contributed by atoms with Crippen LogP contribution in [0.25, 0.3) is 5.65 Å². The lowest BCUT2D eigenvalue weighted by atomic mass is 10.3. The van der Waals surface area contributed by atoms with Gasteiger partial charge in [0.2, 0.25) is 0 Å². The van der Waals surface area contributed by atoms with Crippen molar-refractivity contribution in [2.24, 2.45) is 5.73 Å². The molecule has 0 aliphatic carbocycles. The van der Waals surface area contributed by atoms with Crippen molar-refractivity contribution in [3.8, 4) is 0 Å². The summed E-state index contributed by atoms with van der Waals surface area (Å²) >= 11 is 3.50. The summed E-state index contributed by atoms with van der Waals surface area (Å²) in [6, 6.07) is 2.06. The molecule has 0 aromatic carbocycles. The van der Waals surface area contributed by atoms with Crippen molar-refractivity contribution in [1.82, 2.24) is 9.38 Å². The van der Waals surface area contributed by atoms with Crippen molar-refractivity contribution in [3.05, 3.63) is 34.2 Å². The van der Waals surface area contributed by atoms with Crippen molar-refractivity contribution in [1.29, 1.82) is 0 Å². The standard InChI is InChI=1S/C10H12BrN3/c1-7-4-9(11)10-13-5-8(2-3-12)14(10)6-7/h4-6H,2-3,12H2,1H3. The van der Waals surface area contributed by atoms with Crippen LogP contribution in [-0.2, 0) is 6.42 Å². The third-order valence-electron chi connectivity index (χ3n) is 2.17. The molecule has 4 heteroatoms. The van der Waals surface area contributed by atoms with E-state index >= 15 is 0 Å². The Morgan fingerprint density at radius 3 is 3.07 bits per heavy atom. The van der Waals surface area contributed by atoms with Crippen LogP contribution in [0.5, 0.6) is 0 Å². The maximum Gasteiger partial charge on any atom is 0.151 e. The summed E-state index contributed by atoms with van der Waals surface area (Å²) in [5.41, 5.74) is 8.86. The Kier molecular flexibility index (Phi) is 2.56. The molecule has 2 N–H and O–H groups in total. The van der Waals surface area contributed by atoms with Crippen molar-refractivity contribution < 1.29 is 0 Å². The van der Waals surface area contributed by atoms with Gasteiger partial charge in [-0.2, -0.15) is 0 Å². The van der Waals surface area contributed by atoms with Gasteiger partial charge in [-0.15, -0.1) is 0 Å². The number of aromatic nitrogens is 2. The van der Waals surface area contributed by atoms with E-state index in [0.29, 0.717) is 6.54 Å². The lowest BCUT2D eigenvalue weighted by molar-refractivity contribution is 0.901. The van der Waals surface area contributed by atoms with Gasteiger partial charge < -0.3 is 10.1 Å². The topological polar surface area (TPSA) is 43.3 Å². The molecule has 2 heterocycles. The number of halogens is 1. The molecule has 74 valence electrons. The number of fused-ring (bicyclic) bond motifs is 1. The summed E-state index contributed by atoms with van der Waals surface area (Å²) in [7, 11) is 0. The summed E-state index contributed by atoms with van der Waals surface area (Å²) in [6.45, 7) is 2.72. The minimum Gasteiger partial charge on any atom is -0.330 e. The van der Waals surface area contributed by atoms with Gasteiger partial charge in [-0.25, -0.2) is 4.98 Å². The van der Waals surface area contributed by atoms with Crippen molar-refractivity contribution in [2.75, 3.05) is 6.54 Å². The molecule has 0 spiro atoms. The number of nitrogens with zero attached hydrogens (tertiary/aromatic N) is 2. The van der Waals surface area contributed by atoms with Gasteiger partial charge in [0.05, 0.1) is 4.47 Å². The van der Waals surface area contributed by atoms with Crippen LogP contribution in [-0.4, -0.2) is 15.9 Å². The highest BCUT2D eigenvalue weighted by molar-refractivity contribution is 9.10. The van der Waals surface area contributed by atoms with E-state index in [0.717, 1.165) is 22.2 Å². The molecule has 0 unspecified atom stereocenters.